The maximum absolute atomic E-state index is 13.2. The van der Waals surface area contributed by atoms with Gasteiger partial charge in [0.2, 0.25) is 5.95 Å². The van der Waals surface area contributed by atoms with E-state index in [4.69, 9.17) is 0 Å². The number of rotatable bonds is 5. The predicted molar refractivity (Wildman–Crippen MR) is 102 cm³/mol. The summed E-state index contributed by atoms with van der Waals surface area (Å²) in [5.74, 6) is 1.19. The molecule has 0 fully saturated rings. The molecule has 0 atom stereocenters. The molecule has 0 spiro atoms. The van der Waals surface area contributed by atoms with Crippen molar-refractivity contribution >= 4 is 38.4 Å². The molecule has 128 valence electrons. The fourth-order valence-corrected chi connectivity index (χ4v) is 4.07. The molecule has 0 radical (unpaired) electrons. The molecular weight excluding hydrogens is 322 g/mol. The highest BCUT2D eigenvalue weighted by Gasteiger charge is 2.20. The molecule has 6 nitrogen and oxygen atoms in total. The first-order chi connectivity index (χ1) is 11.4. The molecule has 2 aromatic heterocycles. The maximum Gasteiger partial charge on any atom is 0.225 e. The Bertz CT molecular complexity index is 918. The first-order valence-electron chi connectivity index (χ1n) is 7.90. The van der Waals surface area contributed by atoms with Crippen molar-refractivity contribution in [1.29, 1.82) is 0 Å². The molecule has 3 aromatic rings. The molecule has 3 rings (SSSR count). The Morgan fingerprint density at radius 1 is 1.17 bits per heavy atom. The van der Waals surface area contributed by atoms with Gasteiger partial charge in [0.25, 0.3) is 0 Å². The van der Waals surface area contributed by atoms with Crippen LogP contribution < -0.4 is 10.6 Å². The second-order valence-electron chi connectivity index (χ2n) is 6.11. The van der Waals surface area contributed by atoms with E-state index in [2.05, 4.69) is 25.6 Å². The summed E-state index contributed by atoms with van der Waals surface area (Å²) in [6.45, 7) is 3.98. The second-order valence-corrected chi connectivity index (χ2v) is 9.60. The van der Waals surface area contributed by atoms with E-state index in [1.807, 2.05) is 56.6 Å². The molecular formula is C17H23N5OS. The zero-order chi connectivity index (χ0) is 17.3. The van der Waals surface area contributed by atoms with Gasteiger partial charge in [0, 0.05) is 23.4 Å². The van der Waals surface area contributed by atoms with E-state index >= 15 is 0 Å². The van der Waals surface area contributed by atoms with E-state index in [-0.39, 0.29) is 5.25 Å². The summed E-state index contributed by atoms with van der Waals surface area (Å²) in [5, 5.41) is 6.38. The molecule has 0 amide bonds. The van der Waals surface area contributed by atoms with Crippen molar-refractivity contribution in [2.75, 3.05) is 23.9 Å². The molecule has 0 aliphatic heterocycles. The highest BCUT2D eigenvalue weighted by Crippen LogP contribution is 2.32. The molecule has 0 unspecified atom stereocenters. The number of H-pyrrole nitrogens is 1. The van der Waals surface area contributed by atoms with Crippen LogP contribution >= 0.6 is 0 Å². The minimum Gasteiger partial charge on any atom is -0.357 e. The Morgan fingerprint density at radius 2 is 1.92 bits per heavy atom. The van der Waals surface area contributed by atoms with Crippen molar-refractivity contribution < 1.29 is 4.21 Å². The van der Waals surface area contributed by atoms with Gasteiger partial charge in [0.05, 0.1) is 11.2 Å². The van der Waals surface area contributed by atoms with Crippen molar-refractivity contribution in [3.63, 3.8) is 0 Å². The lowest BCUT2D eigenvalue weighted by molar-refractivity contribution is 0.667. The van der Waals surface area contributed by atoms with Gasteiger partial charge in [-0.15, -0.1) is 0 Å². The molecule has 2 heterocycles. The molecule has 7 heteroatoms. The van der Waals surface area contributed by atoms with Crippen molar-refractivity contribution in [2.24, 2.45) is 0 Å². The van der Waals surface area contributed by atoms with Crippen LogP contribution in [0, 0.1) is 0 Å². The fourth-order valence-electron chi connectivity index (χ4n) is 2.52. The summed E-state index contributed by atoms with van der Waals surface area (Å²) in [7, 11) is -0.705. The minimum atomic E-state index is -2.49. The number of nitrogens with zero attached hydrogens (tertiary/aromatic N) is 2. The Kier molecular flexibility index (Phi) is 4.28. The van der Waals surface area contributed by atoms with Crippen molar-refractivity contribution in [3.05, 3.63) is 36.5 Å². The first kappa shape index (κ1) is 16.4. The van der Waals surface area contributed by atoms with Gasteiger partial charge < -0.3 is 15.6 Å². The van der Waals surface area contributed by atoms with E-state index in [9.17, 15) is 4.21 Å². The lowest BCUT2D eigenvalue weighted by Gasteiger charge is -2.26. The highest BCUT2D eigenvalue weighted by molar-refractivity contribution is 8.03. The Hall–Kier alpha value is -2.41. The summed E-state index contributed by atoms with van der Waals surface area (Å²) in [5.41, 5.74) is 2.45. The van der Waals surface area contributed by atoms with Gasteiger partial charge in [-0.25, -0.2) is 4.98 Å². The van der Waals surface area contributed by atoms with Gasteiger partial charge in [0.1, 0.15) is 5.52 Å². The normalized spacial score (nSPS) is 12.5. The number of nitrogens with one attached hydrogen (secondary N) is 3. The molecule has 0 aliphatic rings. The zero-order valence-corrected chi connectivity index (χ0v) is 15.2. The van der Waals surface area contributed by atoms with Gasteiger partial charge >= 0.3 is 0 Å². The van der Waals surface area contributed by atoms with Crippen LogP contribution in [-0.4, -0.2) is 37.7 Å². The van der Waals surface area contributed by atoms with Crippen LogP contribution in [0.25, 0.3) is 11.0 Å². The largest absolute Gasteiger partial charge is 0.357 e. The summed E-state index contributed by atoms with van der Waals surface area (Å²) < 4.78 is 13.2. The molecule has 3 N–H and O–H groups in total. The van der Waals surface area contributed by atoms with E-state index in [0.717, 1.165) is 21.6 Å². The fraction of sp³-hybridized carbons (Fsp3) is 0.294. The first-order valence-corrected chi connectivity index (χ1v) is 10.1. The van der Waals surface area contributed by atoms with Crippen LogP contribution in [0.2, 0.25) is 0 Å². The minimum absolute atomic E-state index is 0.0734. The topological polar surface area (TPSA) is 82.7 Å². The number of para-hydroxylation sites is 1. The molecule has 0 bridgehead atoms. The average molecular weight is 345 g/mol. The molecule has 24 heavy (non-hydrogen) atoms. The second kappa shape index (κ2) is 6.24. The lowest BCUT2D eigenvalue weighted by atomic mass is 10.3. The summed E-state index contributed by atoms with van der Waals surface area (Å²) in [6.07, 6.45) is 3.66. The quantitative estimate of drug-likeness (QED) is 0.534. The van der Waals surface area contributed by atoms with E-state index in [1.54, 1.807) is 7.05 Å². The van der Waals surface area contributed by atoms with Gasteiger partial charge in [-0.3, -0.25) is 4.21 Å². The van der Waals surface area contributed by atoms with Gasteiger partial charge in [-0.1, -0.05) is 35.9 Å². The third-order valence-corrected chi connectivity index (χ3v) is 7.57. The number of aromatic nitrogens is 3. The van der Waals surface area contributed by atoms with Crippen molar-refractivity contribution in [2.45, 2.75) is 24.0 Å². The maximum atomic E-state index is 13.2. The standard InChI is InChI=1S/C17H23N5OS/c1-11(2)24(4,23)14-8-6-5-7-12(14)20-16-15-13(9-10-19-15)21-17(18-3)22-16/h5-11,19,24H,1-4H3,(H2,18,20,21,22). The summed E-state index contributed by atoms with van der Waals surface area (Å²) >= 11 is 0. The molecule has 1 aromatic carbocycles. The Morgan fingerprint density at radius 3 is 2.62 bits per heavy atom. The number of anilines is 3. The van der Waals surface area contributed by atoms with E-state index < -0.39 is 9.93 Å². The van der Waals surface area contributed by atoms with Crippen LogP contribution in [0.15, 0.2) is 41.4 Å². The average Bonchev–Trinajstić information content (AvgIpc) is 3.03. The highest BCUT2D eigenvalue weighted by atomic mass is 32.2. The summed E-state index contributed by atoms with van der Waals surface area (Å²) in [4.78, 5) is 12.9. The zero-order valence-electron chi connectivity index (χ0n) is 14.3. The number of hydrogen-bond donors (Lipinski definition) is 4. The van der Waals surface area contributed by atoms with Crippen LogP contribution in [0.3, 0.4) is 0 Å². The third kappa shape index (κ3) is 2.87. The number of fused-ring (bicyclic) bond motifs is 1. The summed E-state index contributed by atoms with van der Waals surface area (Å²) in [6, 6.07) is 9.60. The number of hydrogen-bond acceptors (Lipinski definition) is 5. The Labute approximate surface area is 142 Å². The van der Waals surface area contributed by atoms with Gasteiger partial charge in [-0.2, -0.15) is 4.98 Å². The van der Waals surface area contributed by atoms with Crippen molar-refractivity contribution in [3.8, 4) is 0 Å². The smallest absolute Gasteiger partial charge is 0.225 e. The monoisotopic (exact) mass is 345 g/mol. The van der Waals surface area contributed by atoms with E-state index in [0.29, 0.717) is 11.8 Å². The van der Waals surface area contributed by atoms with Crippen LogP contribution in [0.4, 0.5) is 17.5 Å². The molecule has 0 saturated carbocycles. The Balaban J connectivity index is 2.10. The number of thiol groups is 1. The van der Waals surface area contributed by atoms with Crippen LogP contribution in [0.5, 0.6) is 0 Å². The predicted octanol–water partition coefficient (Wildman–Crippen LogP) is 3.16. The van der Waals surface area contributed by atoms with Crippen LogP contribution in [0.1, 0.15) is 13.8 Å². The van der Waals surface area contributed by atoms with Crippen LogP contribution in [-0.2, 0) is 9.93 Å². The molecule has 0 saturated heterocycles. The van der Waals surface area contributed by atoms with Crippen molar-refractivity contribution in [1.82, 2.24) is 15.0 Å². The lowest BCUT2D eigenvalue weighted by Crippen LogP contribution is -2.22. The van der Waals surface area contributed by atoms with E-state index in [1.165, 1.54) is 0 Å². The number of aromatic amines is 1. The molecule has 0 aliphatic carbocycles. The number of benzene rings is 1. The van der Waals surface area contributed by atoms with Gasteiger partial charge in [-0.05, 0) is 24.5 Å². The third-order valence-electron chi connectivity index (χ3n) is 4.25. The SMILES string of the molecule is CNc1nc(Nc2ccccc2[SH](C)(=O)C(C)C)c2[nH]ccc2n1. The van der Waals surface area contributed by atoms with Gasteiger partial charge in [0.15, 0.2) is 5.82 Å².